The largest absolute Gasteiger partial charge is 0.368 e. The number of nitrogens with zero attached hydrogens (tertiary/aromatic N) is 5. The molecule has 3 aromatic heterocycles. The van der Waals surface area contributed by atoms with E-state index in [-0.39, 0.29) is 6.04 Å². The zero-order chi connectivity index (χ0) is 14.8. The van der Waals surface area contributed by atoms with Gasteiger partial charge in [0, 0.05) is 6.04 Å². The molecule has 7 nitrogen and oxygen atoms in total. The maximum Gasteiger partial charge on any atom is 0.268 e. The van der Waals surface area contributed by atoms with E-state index < -0.39 is 0 Å². The Hall–Kier alpha value is -1.87. The van der Waals surface area contributed by atoms with E-state index in [1.165, 1.54) is 11.8 Å². The summed E-state index contributed by atoms with van der Waals surface area (Å²) < 4.78 is 7.13. The normalized spacial score (nSPS) is 11.4. The highest BCUT2D eigenvalue weighted by Crippen LogP contribution is 2.27. The summed E-state index contributed by atoms with van der Waals surface area (Å²) in [5.41, 5.74) is 5.81. The molecule has 0 saturated carbocycles. The van der Waals surface area contributed by atoms with E-state index in [1.54, 1.807) is 11.3 Å². The minimum Gasteiger partial charge on any atom is -0.368 e. The molecule has 0 aromatic carbocycles. The van der Waals surface area contributed by atoms with Crippen molar-refractivity contribution in [1.82, 2.24) is 24.9 Å². The standard InChI is InChI=1S/C12H14N6OS2/c1-7(2)18-11(13)15-16-12(18)21-6-9-14-10(19-17-9)8-4-3-5-20-8/h3-5,7H,6H2,1-2H3,(H2,13,15). The van der Waals surface area contributed by atoms with E-state index >= 15 is 0 Å². The molecule has 2 N–H and O–H groups in total. The molecule has 0 aliphatic heterocycles. The van der Waals surface area contributed by atoms with Crippen LogP contribution < -0.4 is 5.73 Å². The predicted molar refractivity (Wildman–Crippen MR) is 82.0 cm³/mol. The predicted octanol–water partition coefficient (Wildman–Crippen LogP) is 2.85. The number of thioether (sulfide) groups is 1. The summed E-state index contributed by atoms with van der Waals surface area (Å²) in [6, 6.07) is 4.10. The Morgan fingerprint density at radius 1 is 1.43 bits per heavy atom. The van der Waals surface area contributed by atoms with Gasteiger partial charge in [0.25, 0.3) is 5.89 Å². The van der Waals surface area contributed by atoms with E-state index in [4.69, 9.17) is 10.3 Å². The van der Waals surface area contributed by atoms with E-state index in [1.807, 2.05) is 35.9 Å². The van der Waals surface area contributed by atoms with Crippen molar-refractivity contribution in [3.8, 4) is 10.8 Å². The van der Waals surface area contributed by atoms with Gasteiger partial charge < -0.3 is 10.3 Å². The first kappa shape index (κ1) is 14.1. The highest BCUT2D eigenvalue weighted by molar-refractivity contribution is 7.98. The Morgan fingerprint density at radius 2 is 2.29 bits per heavy atom. The summed E-state index contributed by atoms with van der Waals surface area (Å²) >= 11 is 3.06. The van der Waals surface area contributed by atoms with Crippen LogP contribution in [0.4, 0.5) is 5.95 Å². The van der Waals surface area contributed by atoms with Gasteiger partial charge >= 0.3 is 0 Å². The summed E-state index contributed by atoms with van der Waals surface area (Å²) in [4.78, 5) is 5.34. The number of hydrogen-bond acceptors (Lipinski definition) is 8. The Bertz CT molecular complexity index is 718. The molecule has 9 heteroatoms. The van der Waals surface area contributed by atoms with Crippen molar-refractivity contribution in [2.45, 2.75) is 30.8 Å². The first-order valence-corrected chi connectivity index (χ1v) is 8.21. The zero-order valence-electron chi connectivity index (χ0n) is 11.6. The molecule has 0 fully saturated rings. The zero-order valence-corrected chi connectivity index (χ0v) is 13.2. The highest BCUT2D eigenvalue weighted by atomic mass is 32.2. The summed E-state index contributed by atoms with van der Waals surface area (Å²) in [7, 11) is 0. The molecule has 0 amide bonds. The lowest BCUT2D eigenvalue weighted by Gasteiger charge is -2.10. The van der Waals surface area contributed by atoms with Gasteiger partial charge in [0.2, 0.25) is 5.95 Å². The second kappa shape index (κ2) is 5.86. The summed E-state index contributed by atoms with van der Waals surface area (Å²) in [5, 5.41) is 14.7. The van der Waals surface area contributed by atoms with Crippen LogP contribution in [-0.4, -0.2) is 24.9 Å². The fraction of sp³-hybridized carbons (Fsp3) is 0.333. The minimum atomic E-state index is 0.203. The lowest BCUT2D eigenvalue weighted by atomic mass is 10.4. The first-order valence-electron chi connectivity index (χ1n) is 6.35. The van der Waals surface area contributed by atoms with Crippen LogP contribution in [0.15, 0.2) is 27.2 Å². The van der Waals surface area contributed by atoms with Crippen LogP contribution in [-0.2, 0) is 5.75 Å². The van der Waals surface area contributed by atoms with Crippen LogP contribution in [0.2, 0.25) is 0 Å². The van der Waals surface area contributed by atoms with Crippen molar-refractivity contribution in [3.63, 3.8) is 0 Å². The highest BCUT2D eigenvalue weighted by Gasteiger charge is 2.15. The van der Waals surface area contributed by atoms with Crippen molar-refractivity contribution in [3.05, 3.63) is 23.3 Å². The average molecular weight is 322 g/mol. The Balaban J connectivity index is 1.71. The van der Waals surface area contributed by atoms with Crippen molar-refractivity contribution in [2.75, 3.05) is 5.73 Å². The van der Waals surface area contributed by atoms with E-state index in [0.717, 1.165) is 10.0 Å². The summed E-state index contributed by atoms with van der Waals surface area (Å²) in [6.07, 6.45) is 0. The maximum absolute atomic E-state index is 5.81. The number of rotatable bonds is 5. The van der Waals surface area contributed by atoms with Gasteiger partial charge in [-0.2, -0.15) is 4.98 Å². The molecule has 0 spiro atoms. The molecule has 3 heterocycles. The van der Waals surface area contributed by atoms with E-state index in [2.05, 4.69) is 20.3 Å². The van der Waals surface area contributed by atoms with Crippen LogP contribution >= 0.6 is 23.1 Å². The fourth-order valence-corrected chi connectivity index (χ4v) is 3.38. The van der Waals surface area contributed by atoms with Crippen molar-refractivity contribution < 1.29 is 4.52 Å². The third-order valence-corrected chi connectivity index (χ3v) is 4.53. The minimum absolute atomic E-state index is 0.203. The lowest BCUT2D eigenvalue weighted by Crippen LogP contribution is -2.07. The van der Waals surface area contributed by atoms with Gasteiger partial charge in [0.15, 0.2) is 11.0 Å². The molecule has 21 heavy (non-hydrogen) atoms. The van der Waals surface area contributed by atoms with Crippen LogP contribution in [0, 0.1) is 0 Å². The lowest BCUT2D eigenvalue weighted by molar-refractivity contribution is 0.426. The van der Waals surface area contributed by atoms with Crippen molar-refractivity contribution in [2.24, 2.45) is 0 Å². The van der Waals surface area contributed by atoms with Gasteiger partial charge in [-0.15, -0.1) is 21.5 Å². The monoisotopic (exact) mass is 322 g/mol. The quantitative estimate of drug-likeness (QED) is 0.721. The molecule has 0 aliphatic carbocycles. The van der Waals surface area contributed by atoms with Gasteiger partial charge in [0.05, 0.1) is 10.6 Å². The summed E-state index contributed by atoms with van der Waals surface area (Å²) in [6.45, 7) is 4.07. The summed E-state index contributed by atoms with van der Waals surface area (Å²) in [5.74, 6) is 2.14. The van der Waals surface area contributed by atoms with E-state index in [0.29, 0.717) is 23.4 Å². The third-order valence-electron chi connectivity index (χ3n) is 2.74. The SMILES string of the molecule is CC(C)n1c(N)nnc1SCc1noc(-c2cccs2)n1. The van der Waals surface area contributed by atoms with Crippen molar-refractivity contribution in [1.29, 1.82) is 0 Å². The molecule has 0 aliphatic rings. The van der Waals surface area contributed by atoms with Gasteiger partial charge in [-0.3, -0.25) is 4.57 Å². The number of hydrogen-bond donors (Lipinski definition) is 1. The number of aromatic nitrogens is 5. The molecular formula is C12H14N6OS2. The van der Waals surface area contributed by atoms with Crippen LogP contribution in [0.25, 0.3) is 10.8 Å². The smallest absolute Gasteiger partial charge is 0.268 e. The molecule has 0 unspecified atom stereocenters. The van der Waals surface area contributed by atoms with Crippen molar-refractivity contribution >= 4 is 29.0 Å². The molecule has 0 atom stereocenters. The Kier molecular flexibility index (Phi) is 3.93. The van der Waals surface area contributed by atoms with Gasteiger partial charge in [0.1, 0.15) is 0 Å². The number of anilines is 1. The molecule has 3 aromatic rings. The molecular weight excluding hydrogens is 308 g/mol. The van der Waals surface area contributed by atoms with Gasteiger partial charge in [-0.25, -0.2) is 0 Å². The molecule has 3 rings (SSSR count). The van der Waals surface area contributed by atoms with E-state index in [9.17, 15) is 0 Å². The molecule has 0 saturated heterocycles. The topological polar surface area (TPSA) is 95.7 Å². The second-order valence-corrected chi connectivity index (χ2v) is 6.48. The number of thiophene rings is 1. The second-order valence-electron chi connectivity index (χ2n) is 4.59. The van der Waals surface area contributed by atoms with Crippen LogP contribution in [0.5, 0.6) is 0 Å². The van der Waals surface area contributed by atoms with Gasteiger partial charge in [-0.1, -0.05) is 23.0 Å². The maximum atomic E-state index is 5.81. The Morgan fingerprint density at radius 3 is 3.00 bits per heavy atom. The Labute approximate surface area is 129 Å². The fourth-order valence-electron chi connectivity index (χ4n) is 1.81. The first-order chi connectivity index (χ1) is 10.1. The number of nitrogens with two attached hydrogens (primary N) is 1. The van der Waals surface area contributed by atoms with Gasteiger partial charge in [-0.05, 0) is 25.3 Å². The molecule has 0 radical (unpaired) electrons. The number of nitrogen functional groups attached to an aromatic ring is 1. The van der Waals surface area contributed by atoms with Crippen LogP contribution in [0.3, 0.4) is 0 Å². The average Bonchev–Trinajstić information content (AvgIpc) is 3.16. The third kappa shape index (κ3) is 2.93. The molecule has 110 valence electrons. The molecule has 0 bridgehead atoms. The van der Waals surface area contributed by atoms with Crippen LogP contribution in [0.1, 0.15) is 25.7 Å².